The molecule has 1 aromatic heterocycles. The van der Waals surface area contributed by atoms with Gasteiger partial charge < -0.3 is 9.40 Å². The molecule has 0 saturated heterocycles. The predicted octanol–water partition coefficient (Wildman–Crippen LogP) is 5.77. The Morgan fingerprint density at radius 3 is 2.59 bits per heavy atom. The molecule has 29 heavy (non-hydrogen) atoms. The maximum Gasteiger partial charge on any atom is 0.143 e. The molecule has 0 spiro atoms. The highest BCUT2D eigenvalue weighted by molar-refractivity contribution is 6.30. The Bertz CT molecular complexity index is 1200. The average molecular weight is 400 g/mol. The molecule has 0 aliphatic heterocycles. The first-order valence-electron chi connectivity index (χ1n) is 9.20. The Morgan fingerprint density at radius 2 is 1.76 bits per heavy atom. The molecule has 5 heteroatoms. The summed E-state index contributed by atoms with van der Waals surface area (Å²) in [7, 11) is 0. The lowest BCUT2D eigenvalue weighted by atomic mass is 10.1. The molecule has 0 unspecified atom stereocenters. The molecule has 0 atom stereocenters. The summed E-state index contributed by atoms with van der Waals surface area (Å²) in [5.41, 5.74) is 4.68. The molecule has 4 rings (SSSR count). The van der Waals surface area contributed by atoms with E-state index < -0.39 is 0 Å². The van der Waals surface area contributed by atoms with E-state index in [2.05, 4.69) is 34.1 Å². The summed E-state index contributed by atoms with van der Waals surface area (Å²) in [5.74, 6) is 0. The Labute approximate surface area is 174 Å². The van der Waals surface area contributed by atoms with Gasteiger partial charge in [0.2, 0.25) is 0 Å². The van der Waals surface area contributed by atoms with Crippen molar-refractivity contribution in [3.8, 4) is 6.07 Å². The van der Waals surface area contributed by atoms with Crippen molar-refractivity contribution in [3.05, 3.63) is 106 Å². The second kappa shape index (κ2) is 8.64. The fourth-order valence-electron chi connectivity index (χ4n) is 3.25. The Morgan fingerprint density at radius 1 is 1.00 bits per heavy atom. The van der Waals surface area contributed by atoms with Crippen LogP contribution < -0.4 is 0 Å². The van der Waals surface area contributed by atoms with Gasteiger partial charge in [-0.1, -0.05) is 65.3 Å². The lowest BCUT2D eigenvalue weighted by Crippen LogP contribution is -1.97. The molecule has 0 aliphatic rings. The van der Waals surface area contributed by atoms with E-state index in [0.717, 1.165) is 33.6 Å². The Kier molecular flexibility index (Phi) is 5.60. The number of benzene rings is 3. The molecule has 0 fully saturated rings. The SMILES string of the molecule is N#Cc1ccccc1CO/N=C\c1cn(Cc2ccc(Cl)cc2)c2ccccc12. The fraction of sp³-hybridized carbons (Fsp3) is 0.0833. The van der Waals surface area contributed by atoms with Gasteiger partial charge in [-0.2, -0.15) is 5.26 Å². The first-order valence-corrected chi connectivity index (χ1v) is 9.58. The molecule has 0 saturated carbocycles. The maximum absolute atomic E-state index is 9.16. The lowest BCUT2D eigenvalue weighted by Gasteiger charge is -2.05. The molecule has 3 aromatic carbocycles. The summed E-state index contributed by atoms with van der Waals surface area (Å²) in [5, 5.41) is 15.1. The summed E-state index contributed by atoms with van der Waals surface area (Å²) < 4.78 is 2.19. The van der Waals surface area contributed by atoms with Crippen LogP contribution in [0.3, 0.4) is 0 Å². The molecule has 0 N–H and O–H groups in total. The quantitative estimate of drug-likeness (QED) is 0.305. The van der Waals surface area contributed by atoms with Crippen molar-refractivity contribution in [1.29, 1.82) is 5.26 Å². The van der Waals surface area contributed by atoms with Crippen molar-refractivity contribution in [2.75, 3.05) is 0 Å². The van der Waals surface area contributed by atoms with E-state index in [-0.39, 0.29) is 6.61 Å². The van der Waals surface area contributed by atoms with Gasteiger partial charge in [-0.25, -0.2) is 0 Å². The van der Waals surface area contributed by atoms with E-state index in [9.17, 15) is 0 Å². The summed E-state index contributed by atoms with van der Waals surface area (Å²) in [6.07, 6.45) is 3.78. The first kappa shape index (κ1) is 18.8. The van der Waals surface area contributed by atoms with Crippen LogP contribution in [-0.4, -0.2) is 10.8 Å². The van der Waals surface area contributed by atoms with Gasteiger partial charge in [0.05, 0.1) is 17.8 Å². The molecule has 4 nitrogen and oxygen atoms in total. The van der Waals surface area contributed by atoms with E-state index in [1.54, 1.807) is 12.3 Å². The van der Waals surface area contributed by atoms with Crippen LogP contribution >= 0.6 is 11.6 Å². The number of hydrogen-bond acceptors (Lipinski definition) is 3. The predicted molar refractivity (Wildman–Crippen MR) is 116 cm³/mol. The molecular formula is C24H18ClN3O. The number of hydrogen-bond donors (Lipinski definition) is 0. The molecule has 0 radical (unpaired) electrons. The van der Waals surface area contributed by atoms with Crippen molar-refractivity contribution in [2.24, 2.45) is 5.16 Å². The number of nitrogens with zero attached hydrogens (tertiary/aromatic N) is 3. The molecule has 142 valence electrons. The van der Waals surface area contributed by atoms with Gasteiger partial charge in [-0.3, -0.25) is 0 Å². The standard InChI is InChI=1S/C24H18ClN3O/c25-22-11-9-18(10-12-22)15-28-16-21(23-7-3-4-8-24(23)28)14-27-29-17-20-6-2-1-5-19(20)13-26/h1-12,14,16H,15,17H2/b27-14-. The lowest BCUT2D eigenvalue weighted by molar-refractivity contribution is 0.132. The van der Waals surface area contributed by atoms with Crippen LogP contribution in [0.1, 0.15) is 22.3 Å². The highest BCUT2D eigenvalue weighted by Gasteiger charge is 2.07. The van der Waals surface area contributed by atoms with Gasteiger partial charge in [0.25, 0.3) is 0 Å². The van der Waals surface area contributed by atoms with Crippen molar-refractivity contribution < 1.29 is 4.84 Å². The van der Waals surface area contributed by atoms with Gasteiger partial charge in [-0.05, 0) is 29.8 Å². The van der Waals surface area contributed by atoms with Crippen molar-refractivity contribution >= 4 is 28.7 Å². The van der Waals surface area contributed by atoms with Gasteiger partial charge >= 0.3 is 0 Å². The third-order valence-electron chi connectivity index (χ3n) is 4.71. The van der Waals surface area contributed by atoms with Crippen LogP contribution in [-0.2, 0) is 18.0 Å². The third kappa shape index (κ3) is 4.31. The highest BCUT2D eigenvalue weighted by Crippen LogP contribution is 2.22. The minimum absolute atomic E-state index is 0.254. The van der Waals surface area contributed by atoms with Crippen molar-refractivity contribution in [2.45, 2.75) is 13.2 Å². The van der Waals surface area contributed by atoms with Crippen LogP contribution in [0, 0.1) is 11.3 Å². The van der Waals surface area contributed by atoms with Gasteiger partial charge in [0.15, 0.2) is 0 Å². The maximum atomic E-state index is 9.16. The minimum Gasteiger partial charge on any atom is -0.391 e. The number of oxime groups is 1. The summed E-state index contributed by atoms with van der Waals surface area (Å²) in [4.78, 5) is 5.45. The van der Waals surface area contributed by atoms with Crippen molar-refractivity contribution in [1.82, 2.24) is 4.57 Å². The number of aromatic nitrogens is 1. The largest absolute Gasteiger partial charge is 0.391 e. The number of fused-ring (bicyclic) bond motifs is 1. The summed E-state index contributed by atoms with van der Waals surface area (Å²) in [6, 6.07) is 25.6. The number of nitriles is 1. The molecule has 1 heterocycles. The highest BCUT2D eigenvalue weighted by atomic mass is 35.5. The van der Waals surface area contributed by atoms with Crippen LogP contribution in [0.15, 0.2) is 84.1 Å². The molecule has 0 aliphatic carbocycles. The zero-order valence-electron chi connectivity index (χ0n) is 15.6. The molecular weight excluding hydrogens is 382 g/mol. The van der Waals surface area contributed by atoms with E-state index in [1.165, 1.54) is 5.56 Å². The van der Waals surface area contributed by atoms with E-state index in [0.29, 0.717) is 5.56 Å². The molecule has 0 amide bonds. The van der Waals surface area contributed by atoms with Crippen LogP contribution in [0.2, 0.25) is 5.02 Å². The number of halogens is 1. The fourth-order valence-corrected chi connectivity index (χ4v) is 3.38. The van der Waals surface area contributed by atoms with Gasteiger partial charge in [-0.15, -0.1) is 0 Å². The van der Waals surface area contributed by atoms with Crippen LogP contribution in [0.25, 0.3) is 10.9 Å². The van der Waals surface area contributed by atoms with E-state index >= 15 is 0 Å². The van der Waals surface area contributed by atoms with Gasteiger partial charge in [0, 0.05) is 39.8 Å². The Hall–Kier alpha value is -3.55. The van der Waals surface area contributed by atoms with Crippen molar-refractivity contribution in [3.63, 3.8) is 0 Å². The molecule has 0 bridgehead atoms. The average Bonchev–Trinajstić information content (AvgIpc) is 3.10. The number of rotatable bonds is 6. The second-order valence-electron chi connectivity index (χ2n) is 6.63. The minimum atomic E-state index is 0.254. The summed E-state index contributed by atoms with van der Waals surface area (Å²) in [6.45, 7) is 0.992. The second-order valence-corrected chi connectivity index (χ2v) is 7.07. The first-order chi connectivity index (χ1) is 14.2. The van der Waals surface area contributed by atoms with E-state index in [1.807, 2.05) is 54.6 Å². The smallest absolute Gasteiger partial charge is 0.143 e. The molecule has 4 aromatic rings. The zero-order chi connectivity index (χ0) is 20.1. The number of para-hydroxylation sites is 1. The van der Waals surface area contributed by atoms with Crippen LogP contribution in [0.5, 0.6) is 0 Å². The van der Waals surface area contributed by atoms with Gasteiger partial charge in [0.1, 0.15) is 6.61 Å². The van der Waals surface area contributed by atoms with Crippen LogP contribution in [0.4, 0.5) is 0 Å². The monoisotopic (exact) mass is 399 g/mol. The Balaban J connectivity index is 1.54. The third-order valence-corrected chi connectivity index (χ3v) is 4.96. The normalized spacial score (nSPS) is 11.0. The zero-order valence-corrected chi connectivity index (χ0v) is 16.4. The topological polar surface area (TPSA) is 50.3 Å². The van der Waals surface area contributed by atoms with E-state index in [4.69, 9.17) is 21.7 Å². The summed E-state index contributed by atoms with van der Waals surface area (Å²) >= 11 is 5.99.